The molecule has 3 aromatic rings. The molecule has 1 aliphatic heterocycles. The Balaban J connectivity index is 1.89. The number of carbonyl (C=O) groups is 2. The maximum atomic E-state index is 13.3. The van der Waals surface area contributed by atoms with Gasteiger partial charge in [-0.2, -0.15) is 0 Å². The Labute approximate surface area is 199 Å². The van der Waals surface area contributed by atoms with Gasteiger partial charge in [0.1, 0.15) is 17.3 Å². The third kappa shape index (κ3) is 4.27. The molecule has 1 aliphatic rings. The summed E-state index contributed by atoms with van der Waals surface area (Å²) >= 11 is 0. The highest BCUT2D eigenvalue weighted by molar-refractivity contribution is 6.51. The molecule has 174 valence electrons. The molecule has 1 saturated heterocycles. The first kappa shape index (κ1) is 23.1. The maximum absolute atomic E-state index is 13.3. The average Bonchev–Trinajstić information content (AvgIpc) is 3.13. The Hall–Kier alpha value is -4.06. The third-order valence-electron chi connectivity index (χ3n) is 5.82. The molecule has 0 radical (unpaired) electrons. The van der Waals surface area contributed by atoms with Gasteiger partial charge in [0.15, 0.2) is 0 Å². The van der Waals surface area contributed by atoms with Gasteiger partial charge in [-0.05, 0) is 54.8 Å². The van der Waals surface area contributed by atoms with E-state index >= 15 is 0 Å². The number of anilines is 1. The number of Topliss-reactive ketones (excluding diaryl/α,β-unsaturated/α-hetero) is 1. The maximum Gasteiger partial charge on any atom is 0.300 e. The second-order valence-corrected chi connectivity index (χ2v) is 8.11. The van der Waals surface area contributed by atoms with Crippen LogP contribution in [0.5, 0.6) is 11.5 Å². The molecular formula is C28H27NO5. The Bertz CT molecular complexity index is 1250. The van der Waals surface area contributed by atoms with E-state index < -0.39 is 17.7 Å². The zero-order valence-corrected chi connectivity index (χ0v) is 19.4. The Morgan fingerprint density at radius 2 is 1.74 bits per heavy atom. The van der Waals surface area contributed by atoms with Crippen LogP contribution in [0.4, 0.5) is 5.69 Å². The molecule has 34 heavy (non-hydrogen) atoms. The van der Waals surface area contributed by atoms with Crippen molar-refractivity contribution in [2.24, 2.45) is 0 Å². The van der Waals surface area contributed by atoms with Crippen LogP contribution in [-0.2, 0) is 9.59 Å². The molecule has 1 heterocycles. The fraction of sp³-hybridized carbons (Fsp3) is 0.214. The van der Waals surface area contributed by atoms with Crippen molar-refractivity contribution in [2.75, 3.05) is 18.6 Å². The highest BCUT2D eigenvalue weighted by atomic mass is 16.5. The van der Waals surface area contributed by atoms with Crippen molar-refractivity contribution >= 4 is 23.1 Å². The highest BCUT2D eigenvalue weighted by Gasteiger charge is 2.47. The van der Waals surface area contributed by atoms with Crippen LogP contribution in [-0.4, -0.2) is 30.5 Å². The number of carbonyl (C=O) groups excluding carboxylic acids is 2. The topological polar surface area (TPSA) is 76.1 Å². The quantitative estimate of drug-likeness (QED) is 0.291. The van der Waals surface area contributed by atoms with Gasteiger partial charge in [0.25, 0.3) is 11.7 Å². The summed E-state index contributed by atoms with van der Waals surface area (Å²) in [7, 11) is 1.56. The second kappa shape index (κ2) is 9.83. The molecule has 0 aromatic heterocycles. The number of methoxy groups -OCH3 is 1. The van der Waals surface area contributed by atoms with Crippen LogP contribution >= 0.6 is 0 Å². The van der Waals surface area contributed by atoms with Gasteiger partial charge in [-0.25, -0.2) is 0 Å². The number of rotatable bonds is 7. The predicted octanol–water partition coefficient (Wildman–Crippen LogP) is 5.42. The van der Waals surface area contributed by atoms with Gasteiger partial charge in [0.05, 0.1) is 25.3 Å². The number of aliphatic hydroxyl groups excluding tert-OH is 1. The molecule has 6 nitrogen and oxygen atoms in total. The van der Waals surface area contributed by atoms with E-state index in [4.69, 9.17) is 9.47 Å². The molecule has 1 atom stereocenters. The minimum atomic E-state index is -0.788. The van der Waals surface area contributed by atoms with Gasteiger partial charge < -0.3 is 14.6 Å². The SMILES string of the molecule is CCCOc1cccc(N2C(=O)C(=O)/C(=C(\O)c3ccc(OC)cc3C)C2c2ccccc2)c1. The Morgan fingerprint density at radius 1 is 0.971 bits per heavy atom. The molecule has 1 unspecified atom stereocenters. The van der Waals surface area contributed by atoms with Crippen LogP contribution in [0, 0.1) is 6.92 Å². The van der Waals surface area contributed by atoms with E-state index in [-0.39, 0.29) is 11.3 Å². The molecule has 4 rings (SSSR count). The van der Waals surface area contributed by atoms with Crippen LogP contribution in [0.2, 0.25) is 0 Å². The summed E-state index contributed by atoms with van der Waals surface area (Å²) in [5, 5.41) is 11.3. The highest BCUT2D eigenvalue weighted by Crippen LogP contribution is 2.43. The van der Waals surface area contributed by atoms with Crippen molar-refractivity contribution in [1.82, 2.24) is 0 Å². The van der Waals surface area contributed by atoms with Crippen molar-refractivity contribution in [3.8, 4) is 11.5 Å². The molecule has 0 bridgehead atoms. The van der Waals surface area contributed by atoms with Gasteiger partial charge in [-0.1, -0.05) is 43.3 Å². The first-order chi connectivity index (χ1) is 16.5. The predicted molar refractivity (Wildman–Crippen MR) is 131 cm³/mol. The van der Waals surface area contributed by atoms with Crippen molar-refractivity contribution in [3.63, 3.8) is 0 Å². The van der Waals surface area contributed by atoms with E-state index in [2.05, 4.69) is 0 Å². The summed E-state index contributed by atoms with van der Waals surface area (Å²) in [6.07, 6.45) is 0.847. The minimum Gasteiger partial charge on any atom is -0.507 e. The Morgan fingerprint density at radius 3 is 2.41 bits per heavy atom. The average molecular weight is 458 g/mol. The largest absolute Gasteiger partial charge is 0.507 e. The van der Waals surface area contributed by atoms with Gasteiger partial charge in [-0.15, -0.1) is 0 Å². The van der Waals surface area contributed by atoms with Crippen molar-refractivity contribution in [2.45, 2.75) is 26.3 Å². The van der Waals surface area contributed by atoms with Crippen LogP contribution in [0.25, 0.3) is 5.76 Å². The monoisotopic (exact) mass is 457 g/mol. The van der Waals surface area contributed by atoms with Crippen LogP contribution in [0.1, 0.15) is 36.1 Å². The summed E-state index contributed by atoms with van der Waals surface area (Å²) < 4.78 is 11.0. The number of ether oxygens (including phenoxy) is 2. The molecule has 0 spiro atoms. The van der Waals surface area contributed by atoms with Gasteiger partial charge in [0.2, 0.25) is 0 Å². The van der Waals surface area contributed by atoms with Crippen LogP contribution < -0.4 is 14.4 Å². The number of ketones is 1. The molecule has 1 fully saturated rings. The fourth-order valence-corrected chi connectivity index (χ4v) is 4.17. The molecule has 0 saturated carbocycles. The molecule has 1 N–H and O–H groups in total. The van der Waals surface area contributed by atoms with E-state index in [0.717, 1.165) is 12.0 Å². The number of nitrogens with zero attached hydrogens (tertiary/aromatic N) is 1. The number of aliphatic hydroxyl groups is 1. The number of hydrogen-bond donors (Lipinski definition) is 1. The standard InChI is InChI=1S/C28H27NO5/c1-4-15-34-22-12-8-11-20(17-22)29-25(19-9-6-5-7-10-19)24(27(31)28(29)32)26(30)23-14-13-21(33-3)16-18(23)2/h5-14,16-17,25,30H,4,15H2,1-3H3/b26-24-. The van der Waals surface area contributed by atoms with Crippen LogP contribution in [0.15, 0.2) is 78.4 Å². The lowest BCUT2D eigenvalue weighted by Crippen LogP contribution is -2.29. The lowest BCUT2D eigenvalue weighted by Gasteiger charge is -2.26. The number of hydrogen-bond acceptors (Lipinski definition) is 5. The number of aryl methyl sites for hydroxylation is 1. The van der Waals surface area contributed by atoms with E-state index in [1.807, 2.05) is 50.2 Å². The van der Waals surface area contributed by atoms with E-state index in [1.165, 1.54) is 4.90 Å². The molecule has 1 amide bonds. The van der Waals surface area contributed by atoms with Crippen LogP contribution in [0.3, 0.4) is 0 Å². The lowest BCUT2D eigenvalue weighted by molar-refractivity contribution is -0.132. The second-order valence-electron chi connectivity index (χ2n) is 8.11. The van der Waals surface area contributed by atoms with Crippen molar-refractivity contribution in [1.29, 1.82) is 0 Å². The first-order valence-electron chi connectivity index (χ1n) is 11.2. The molecule has 3 aromatic carbocycles. The van der Waals surface area contributed by atoms with E-state index in [9.17, 15) is 14.7 Å². The lowest BCUT2D eigenvalue weighted by atomic mass is 9.93. The number of benzene rings is 3. The van der Waals surface area contributed by atoms with Gasteiger partial charge >= 0.3 is 0 Å². The van der Waals surface area contributed by atoms with Gasteiger partial charge in [-0.3, -0.25) is 14.5 Å². The third-order valence-corrected chi connectivity index (χ3v) is 5.82. The summed E-state index contributed by atoms with van der Waals surface area (Å²) in [5.74, 6) is -0.402. The smallest absolute Gasteiger partial charge is 0.300 e. The zero-order valence-electron chi connectivity index (χ0n) is 19.4. The normalized spacial score (nSPS) is 17.1. The molecule has 0 aliphatic carbocycles. The van der Waals surface area contributed by atoms with E-state index in [0.29, 0.717) is 34.9 Å². The van der Waals surface area contributed by atoms with Crippen molar-refractivity contribution < 1.29 is 24.2 Å². The van der Waals surface area contributed by atoms with Crippen molar-refractivity contribution in [3.05, 3.63) is 95.1 Å². The number of amides is 1. The molecule has 6 heteroatoms. The first-order valence-corrected chi connectivity index (χ1v) is 11.2. The summed E-state index contributed by atoms with van der Waals surface area (Å²) in [6, 6.07) is 20.7. The molecular weight excluding hydrogens is 430 g/mol. The summed E-state index contributed by atoms with van der Waals surface area (Å²) in [4.78, 5) is 28.1. The summed E-state index contributed by atoms with van der Waals surface area (Å²) in [5.41, 5.74) is 2.48. The van der Waals surface area contributed by atoms with Gasteiger partial charge in [0, 0.05) is 17.3 Å². The fourth-order valence-electron chi connectivity index (χ4n) is 4.17. The zero-order chi connectivity index (χ0) is 24.2. The van der Waals surface area contributed by atoms with E-state index in [1.54, 1.807) is 43.5 Å². The summed E-state index contributed by atoms with van der Waals surface area (Å²) in [6.45, 7) is 4.37. The Kier molecular flexibility index (Phi) is 6.68. The minimum absolute atomic E-state index is 0.0457.